The van der Waals surface area contributed by atoms with Gasteiger partial charge in [-0.1, -0.05) is 19.9 Å². The quantitative estimate of drug-likeness (QED) is 0.621. The lowest BCUT2D eigenvalue weighted by molar-refractivity contribution is 0.816. The van der Waals surface area contributed by atoms with Gasteiger partial charge in [0.25, 0.3) is 0 Å². The van der Waals surface area contributed by atoms with Crippen LogP contribution in [0.2, 0.25) is 0 Å². The van der Waals surface area contributed by atoms with Gasteiger partial charge < -0.3 is 5.43 Å². The fraction of sp³-hybridized carbons (Fsp3) is 0.250. The normalized spacial score (nSPS) is 10.6. The van der Waals surface area contributed by atoms with E-state index in [1.165, 1.54) is 0 Å². The van der Waals surface area contributed by atoms with E-state index in [9.17, 15) is 0 Å². The lowest BCUT2D eigenvalue weighted by Gasteiger charge is -2.09. The van der Waals surface area contributed by atoms with Crippen molar-refractivity contribution in [3.05, 3.63) is 36.2 Å². The number of hydrogen-bond donors (Lipinski definition) is 2. The van der Waals surface area contributed by atoms with Gasteiger partial charge in [-0.15, -0.1) is 0 Å². The van der Waals surface area contributed by atoms with Crippen LogP contribution in [-0.4, -0.2) is 15.0 Å². The van der Waals surface area contributed by atoms with Crippen molar-refractivity contribution in [3.8, 4) is 11.5 Å². The molecule has 0 unspecified atom stereocenters. The molecule has 0 radical (unpaired) electrons. The van der Waals surface area contributed by atoms with Crippen LogP contribution in [0.25, 0.3) is 11.5 Å². The molecule has 2 rings (SSSR count). The zero-order chi connectivity index (χ0) is 12.3. The maximum absolute atomic E-state index is 5.41. The highest BCUT2D eigenvalue weighted by atomic mass is 15.3. The Bertz CT molecular complexity index is 496. The van der Waals surface area contributed by atoms with Gasteiger partial charge >= 0.3 is 0 Å². The first-order chi connectivity index (χ1) is 8.20. The number of nitrogens with one attached hydrogen (secondary N) is 1. The minimum absolute atomic E-state index is 0.313. The molecule has 0 aliphatic carbocycles. The molecule has 0 bridgehead atoms. The van der Waals surface area contributed by atoms with Crippen molar-refractivity contribution in [3.63, 3.8) is 0 Å². The largest absolute Gasteiger partial charge is 0.308 e. The number of hydrazine groups is 1. The van der Waals surface area contributed by atoms with E-state index in [1.807, 2.05) is 24.3 Å². The minimum Gasteiger partial charge on any atom is -0.308 e. The van der Waals surface area contributed by atoms with Gasteiger partial charge in [-0.3, -0.25) is 4.98 Å². The fourth-order valence-electron chi connectivity index (χ4n) is 1.45. The number of aromatic nitrogens is 3. The van der Waals surface area contributed by atoms with Crippen molar-refractivity contribution in [2.24, 2.45) is 5.84 Å². The summed E-state index contributed by atoms with van der Waals surface area (Å²) in [6.45, 7) is 4.15. The van der Waals surface area contributed by atoms with Gasteiger partial charge in [0.05, 0.1) is 0 Å². The smallest absolute Gasteiger partial charge is 0.180 e. The molecule has 0 amide bonds. The molecule has 2 aromatic heterocycles. The van der Waals surface area contributed by atoms with Crippen LogP contribution in [0.1, 0.15) is 25.5 Å². The van der Waals surface area contributed by atoms with Crippen molar-refractivity contribution in [1.29, 1.82) is 0 Å². The molecular formula is C12H15N5. The predicted molar refractivity (Wildman–Crippen MR) is 67.2 cm³/mol. The number of nitrogens with two attached hydrogens (primary N) is 1. The van der Waals surface area contributed by atoms with E-state index in [4.69, 9.17) is 5.84 Å². The second kappa shape index (κ2) is 4.88. The number of hydrogen-bond acceptors (Lipinski definition) is 5. The molecule has 0 atom stereocenters. The molecule has 0 aliphatic heterocycles. The maximum Gasteiger partial charge on any atom is 0.180 e. The maximum atomic E-state index is 5.41. The Morgan fingerprint density at radius 3 is 2.65 bits per heavy atom. The highest BCUT2D eigenvalue weighted by Gasteiger charge is 2.09. The van der Waals surface area contributed by atoms with Gasteiger partial charge in [0.1, 0.15) is 11.5 Å². The Morgan fingerprint density at radius 1 is 1.24 bits per heavy atom. The molecular weight excluding hydrogens is 214 g/mol. The summed E-state index contributed by atoms with van der Waals surface area (Å²) in [6.07, 6.45) is 1.72. The molecule has 2 heterocycles. The Kier molecular flexibility index (Phi) is 3.30. The number of nitrogens with zero attached hydrogens (tertiary/aromatic N) is 3. The monoisotopic (exact) mass is 229 g/mol. The van der Waals surface area contributed by atoms with Gasteiger partial charge in [0.15, 0.2) is 5.82 Å². The van der Waals surface area contributed by atoms with Crippen LogP contribution in [0.15, 0.2) is 30.5 Å². The average Bonchev–Trinajstić information content (AvgIpc) is 2.39. The van der Waals surface area contributed by atoms with Crippen molar-refractivity contribution >= 4 is 5.82 Å². The van der Waals surface area contributed by atoms with Crippen LogP contribution in [0, 0.1) is 0 Å². The minimum atomic E-state index is 0.313. The van der Waals surface area contributed by atoms with Crippen LogP contribution in [-0.2, 0) is 0 Å². The third-order valence-electron chi connectivity index (χ3n) is 2.38. The first-order valence-corrected chi connectivity index (χ1v) is 5.47. The van der Waals surface area contributed by atoms with E-state index < -0.39 is 0 Å². The highest BCUT2D eigenvalue weighted by molar-refractivity contribution is 5.52. The number of rotatable bonds is 3. The third kappa shape index (κ3) is 2.57. The van der Waals surface area contributed by atoms with Gasteiger partial charge in [-0.05, 0) is 18.1 Å². The van der Waals surface area contributed by atoms with E-state index in [0.29, 0.717) is 17.6 Å². The van der Waals surface area contributed by atoms with E-state index in [-0.39, 0.29) is 0 Å². The average molecular weight is 229 g/mol. The summed E-state index contributed by atoms with van der Waals surface area (Å²) in [6, 6.07) is 7.48. The lowest BCUT2D eigenvalue weighted by Crippen LogP contribution is -2.11. The Balaban J connectivity index is 2.50. The molecule has 3 N–H and O–H groups in total. The molecule has 88 valence electrons. The molecule has 2 aromatic rings. The summed E-state index contributed by atoms with van der Waals surface area (Å²) in [7, 11) is 0. The number of nitrogen functional groups attached to an aromatic ring is 1. The van der Waals surface area contributed by atoms with Crippen LogP contribution in [0.3, 0.4) is 0 Å². The van der Waals surface area contributed by atoms with Crippen LogP contribution >= 0.6 is 0 Å². The molecule has 0 aromatic carbocycles. The van der Waals surface area contributed by atoms with E-state index >= 15 is 0 Å². The molecule has 0 saturated heterocycles. The van der Waals surface area contributed by atoms with Crippen LogP contribution < -0.4 is 11.3 Å². The topological polar surface area (TPSA) is 76.7 Å². The van der Waals surface area contributed by atoms with Crippen molar-refractivity contribution in [2.45, 2.75) is 19.8 Å². The third-order valence-corrected chi connectivity index (χ3v) is 2.38. The molecule has 5 nitrogen and oxygen atoms in total. The Hall–Kier alpha value is -2.01. The zero-order valence-electron chi connectivity index (χ0n) is 9.88. The van der Waals surface area contributed by atoms with E-state index in [1.54, 1.807) is 6.20 Å². The molecule has 5 heteroatoms. The molecule has 0 saturated carbocycles. The summed E-state index contributed by atoms with van der Waals surface area (Å²) in [5, 5.41) is 0. The second-order valence-electron chi connectivity index (χ2n) is 4.02. The number of anilines is 1. The van der Waals surface area contributed by atoms with Crippen molar-refractivity contribution in [1.82, 2.24) is 15.0 Å². The summed E-state index contributed by atoms with van der Waals surface area (Å²) < 4.78 is 0. The van der Waals surface area contributed by atoms with Crippen LogP contribution in [0.4, 0.5) is 5.82 Å². The van der Waals surface area contributed by atoms with Crippen molar-refractivity contribution < 1.29 is 0 Å². The summed E-state index contributed by atoms with van der Waals surface area (Å²) in [5.41, 5.74) is 4.23. The van der Waals surface area contributed by atoms with E-state index in [0.717, 1.165) is 11.4 Å². The van der Waals surface area contributed by atoms with E-state index in [2.05, 4.69) is 34.2 Å². The lowest BCUT2D eigenvalue weighted by atomic mass is 10.1. The zero-order valence-corrected chi connectivity index (χ0v) is 9.88. The fourth-order valence-corrected chi connectivity index (χ4v) is 1.45. The molecule has 0 fully saturated rings. The summed E-state index contributed by atoms with van der Waals surface area (Å²) in [5.74, 6) is 6.91. The summed E-state index contributed by atoms with van der Waals surface area (Å²) in [4.78, 5) is 13.0. The SMILES string of the molecule is CC(C)c1cc(NN)nc(-c2ccccn2)n1. The van der Waals surface area contributed by atoms with Gasteiger partial charge in [-0.25, -0.2) is 15.8 Å². The predicted octanol–water partition coefficient (Wildman–Crippen LogP) is 1.95. The highest BCUT2D eigenvalue weighted by Crippen LogP contribution is 2.19. The van der Waals surface area contributed by atoms with Gasteiger partial charge in [0, 0.05) is 18.0 Å². The summed E-state index contributed by atoms with van der Waals surface area (Å²) >= 11 is 0. The van der Waals surface area contributed by atoms with Gasteiger partial charge in [-0.2, -0.15) is 0 Å². The Morgan fingerprint density at radius 2 is 2.06 bits per heavy atom. The number of pyridine rings is 1. The first kappa shape index (κ1) is 11.5. The Labute approximate surface area is 100 Å². The molecule has 17 heavy (non-hydrogen) atoms. The van der Waals surface area contributed by atoms with Gasteiger partial charge in [0.2, 0.25) is 0 Å². The van der Waals surface area contributed by atoms with Crippen molar-refractivity contribution in [2.75, 3.05) is 5.43 Å². The van der Waals surface area contributed by atoms with Crippen LogP contribution in [0.5, 0.6) is 0 Å². The second-order valence-corrected chi connectivity index (χ2v) is 4.02. The standard InChI is InChI=1S/C12H15N5/c1-8(2)10-7-11(17-13)16-12(15-10)9-5-3-4-6-14-9/h3-8H,13H2,1-2H3,(H,15,16,17). The molecule has 0 spiro atoms. The first-order valence-electron chi connectivity index (χ1n) is 5.47. The molecule has 0 aliphatic rings.